The smallest absolute Gasteiger partial charge is 0.298 e. The van der Waals surface area contributed by atoms with Gasteiger partial charge in [0.25, 0.3) is 12.2 Å². The van der Waals surface area contributed by atoms with Gasteiger partial charge in [0.1, 0.15) is 11.9 Å². The minimum atomic E-state index is -0.523. The third-order valence-corrected chi connectivity index (χ3v) is 5.27. The fourth-order valence-corrected chi connectivity index (χ4v) is 2.92. The van der Waals surface area contributed by atoms with Gasteiger partial charge in [-0.1, -0.05) is 0 Å². The molecule has 1 rings (SSSR count). The standard InChI is InChI=1S/C22H46O11.C7H5NO4/c1-23-4-6-26-8-10-28-12-14-30-16-18-32-20-22(25-3)21-33-19-17-31-15-13-29-11-9-27-7-5-24-2;9-5-12-7-3-1-6(2-4-7)8(10)11/h22H,4-21H2,1-3H3;1-5H. The highest BCUT2D eigenvalue weighted by Crippen LogP contribution is 2.16. The second-order valence-electron chi connectivity index (χ2n) is 8.63. The van der Waals surface area contributed by atoms with E-state index in [1.807, 2.05) is 0 Å². The Morgan fingerprint density at radius 3 is 1.20 bits per heavy atom. The lowest BCUT2D eigenvalue weighted by Crippen LogP contribution is -2.26. The molecule has 0 bridgehead atoms. The maximum atomic E-state index is 10.2. The van der Waals surface area contributed by atoms with E-state index < -0.39 is 4.92 Å². The Bertz CT molecular complexity index is 743. The molecule has 16 heteroatoms. The van der Waals surface area contributed by atoms with Gasteiger partial charge in [-0.25, -0.2) is 0 Å². The van der Waals surface area contributed by atoms with Crippen LogP contribution in [0.25, 0.3) is 0 Å². The predicted octanol–water partition coefficient (Wildman–Crippen LogP) is 1.56. The van der Waals surface area contributed by atoms with E-state index >= 15 is 0 Å². The lowest BCUT2D eigenvalue weighted by molar-refractivity contribution is -0.384. The molecule has 0 saturated heterocycles. The Hall–Kier alpha value is -2.35. The molecule has 0 saturated carbocycles. The molecular formula is C29H51NO15. The van der Waals surface area contributed by atoms with E-state index in [1.54, 1.807) is 21.3 Å². The topological polar surface area (TPSA) is 171 Å². The third-order valence-electron chi connectivity index (χ3n) is 5.27. The number of methoxy groups -OCH3 is 3. The Morgan fingerprint density at radius 1 is 0.578 bits per heavy atom. The van der Waals surface area contributed by atoms with Crippen LogP contribution in [0.4, 0.5) is 5.69 Å². The van der Waals surface area contributed by atoms with Gasteiger partial charge in [-0.3, -0.25) is 14.9 Å². The lowest BCUT2D eigenvalue weighted by atomic mass is 10.3. The predicted molar refractivity (Wildman–Crippen MR) is 161 cm³/mol. The van der Waals surface area contributed by atoms with E-state index in [-0.39, 0.29) is 24.0 Å². The first-order valence-corrected chi connectivity index (χ1v) is 14.6. The molecule has 0 aromatic heterocycles. The zero-order chi connectivity index (χ0) is 33.1. The largest absolute Gasteiger partial charge is 0.429 e. The van der Waals surface area contributed by atoms with Crippen LogP contribution in [0, 0.1) is 10.1 Å². The van der Waals surface area contributed by atoms with Crippen LogP contribution in [-0.2, 0) is 56.9 Å². The molecule has 1 aromatic carbocycles. The van der Waals surface area contributed by atoms with Crippen molar-refractivity contribution in [3.63, 3.8) is 0 Å². The van der Waals surface area contributed by atoms with Crippen LogP contribution in [0.15, 0.2) is 24.3 Å². The zero-order valence-corrected chi connectivity index (χ0v) is 26.8. The van der Waals surface area contributed by atoms with Gasteiger partial charge in [-0.15, -0.1) is 0 Å². The number of carbonyl (C=O) groups is 1. The van der Waals surface area contributed by atoms with Crippen LogP contribution < -0.4 is 4.74 Å². The zero-order valence-electron chi connectivity index (χ0n) is 26.8. The van der Waals surface area contributed by atoms with E-state index in [0.717, 1.165) is 0 Å². The molecule has 0 aliphatic carbocycles. The second-order valence-corrected chi connectivity index (χ2v) is 8.63. The minimum absolute atomic E-state index is 0.0340. The van der Waals surface area contributed by atoms with Crippen molar-refractivity contribution in [3.8, 4) is 5.75 Å². The first-order chi connectivity index (χ1) is 22.1. The maximum absolute atomic E-state index is 10.2. The summed E-state index contributed by atoms with van der Waals surface area (Å²) in [5.74, 6) is 0.288. The van der Waals surface area contributed by atoms with Crippen molar-refractivity contribution in [1.29, 1.82) is 0 Å². The van der Waals surface area contributed by atoms with Crippen LogP contribution in [0.3, 0.4) is 0 Å². The number of hydrogen-bond donors (Lipinski definition) is 0. The van der Waals surface area contributed by atoms with Gasteiger partial charge in [0.05, 0.1) is 124 Å². The first kappa shape index (κ1) is 42.6. The van der Waals surface area contributed by atoms with E-state index in [9.17, 15) is 14.9 Å². The molecule has 0 spiro atoms. The normalized spacial score (nSPS) is 10.9. The molecule has 0 radical (unpaired) electrons. The van der Waals surface area contributed by atoms with Crippen molar-refractivity contribution < 1.29 is 66.6 Å². The number of hydrogen-bond acceptors (Lipinski definition) is 15. The average Bonchev–Trinajstić information content (AvgIpc) is 3.05. The molecule has 0 fully saturated rings. The van der Waals surface area contributed by atoms with Crippen molar-refractivity contribution in [3.05, 3.63) is 34.4 Å². The van der Waals surface area contributed by atoms with Crippen LogP contribution >= 0.6 is 0 Å². The van der Waals surface area contributed by atoms with Crippen LogP contribution in [-0.4, -0.2) is 158 Å². The van der Waals surface area contributed by atoms with Crippen LogP contribution in [0.2, 0.25) is 0 Å². The molecule has 0 N–H and O–H groups in total. The van der Waals surface area contributed by atoms with Crippen LogP contribution in [0.1, 0.15) is 0 Å². The summed E-state index contributed by atoms with van der Waals surface area (Å²) in [6.45, 7) is 9.76. The van der Waals surface area contributed by atoms with E-state index in [4.69, 9.17) is 52.1 Å². The Labute approximate surface area is 265 Å². The van der Waals surface area contributed by atoms with Crippen molar-refractivity contribution in [2.45, 2.75) is 6.10 Å². The average molecular weight is 654 g/mol. The molecule has 0 aliphatic rings. The minimum Gasteiger partial charge on any atom is -0.429 e. The SMILES string of the molecule is COCCOCCOCCOCCOCC(COCCOCCOCCOCCOC)OC.O=COc1ccc([N+](=O)[O-])cc1. The van der Waals surface area contributed by atoms with Gasteiger partial charge in [-0.2, -0.15) is 0 Å². The fourth-order valence-electron chi connectivity index (χ4n) is 2.92. The summed E-state index contributed by atoms with van der Waals surface area (Å²) in [6, 6.07) is 5.23. The second kappa shape index (κ2) is 34.5. The molecule has 0 aliphatic heterocycles. The summed E-state index contributed by atoms with van der Waals surface area (Å²) in [6.07, 6.45) is -0.132. The molecule has 16 nitrogen and oxygen atoms in total. The summed E-state index contributed by atoms with van der Waals surface area (Å²) >= 11 is 0. The highest BCUT2D eigenvalue weighted by molar-refractivity contribution is 5.46. The fraction of sp³-hybridized carbons (Fsp3) is 0.759. The third kappa shape index (κ3) is 30.1. The molecule has 0 atom stereocenters. The van der Waals surface area contributed by atoms with Gasteiger partial charge in [-0.05, 0) is 12.1 Å². The number of non-ortho nitro benzene ring substituents is 1. The number of benzene rings is 1. The van der Waals surface area contributed by atoms with E-state index in [0.29, 0.717) is 119 Å². The molecule has 0 unspecified atom stereocenters. The van der Waals surface area contributed by atoms with Crippen molar-refractivity contribution in [1.82, 2.24) is 0 Å². The summed E-state index contributed by atoms with van der Waals surface area (Å²) < 4.78 is 63.0. The number of nitro benzene ring substituents is 1. The molecule has 45 heavy (non-hydrogen) atoms. The molecule has 0 amide bonds. The van der Waals surface area contributed by atoms with Crippen LogP contribution in [0.5, 0.6) is 5.75 Å². The van der Waals surface area contributed by atoms with Gasteiger partial charge in [0.2, 0.25) is 0 Å². The molecule has 1 aromatic rings. The summed E-state index contributed by atoms with van der Waals surface area (Å²) in [4.78, 5) is 19.5. The van der Waals surface area contributed by atoms with E-state index in [1.165, 1.54) is 24.3 Å². The summed E-state index contributed by atoms with van der Waals surface area (Å²) in [5, 5.41) is 10.2. The molecule has 0 heterocycles. The van der Waals surface area contributed by atoms with Crippen molar-refractivity contribution in [2.24, 2.45) is 0 Å². The van der Waals surface area contributed by atoms with Gasteiger partial charge in [0, 0.05) is 33.5 Å². The van der Waals surface area contributed by atoms with Gasteiger partial charge in [0.15, 0.2) is 0 Å². The maximum Gasteiger partial charge on any atom is 0.298 e. The van der Waals surface area contributed by atoms with Crippen molar-refractivity contribution in [2.75, 3.05) is 140 Å². The summed E-state index contributed by atoms with van der Waals surface area (Å²) in [5.41, 5.74) is -0.0340. The Kier molecular flexibility index (Phi) is 32.7. The highest BCUT2D eigenvalue weighted by atomic mass is 16.6. The monoisotopic (exact) mass is 653 g/mol. The Balaban J connectivity index is 0.00000133. The van der Waals surface area contributed by atoms with E-state index in [2.05, 4.69) is 4.74 Å². The van der Waals surface area contributed by atoms with Gasteiger partial charge < -0.3 is 56.8 Å². The quantitative estimate of drug-likeness (QED) is 0.0474. The number of nitrogens with zero attached hydrogens (tertiary/aromatic N) is 1. The summed E-state index contributed by atoms with van der Waals surface area (Å²) in [7, 11) is 4.92. The number of ether oxygens (including phenoxy) is 12. The number of nitro groups is 1. The molecular weight excluding hydrogens is 602 g/mol. The van der Waals surface area contributed by atoms with Gasteiger partial charge >= 0.3 is 0 Å². The lowest BCUT2D eigenvalue weighted by Gasteiger charge is -2.16. The van der Waals surface area contributed by atoms with Crippen molar-refractivity contribution >= 4 is 12.2 Å². The number of rotatable bonds is 32. The molecule has 262 valence electrons. The number of carbonyl (C=O) groups excluding carboxylic acids is 1. The highest BCUT2D eigenvalue weighted by Gasteiger charge is 2.08. The first-order valence-electron chi connectivity index (χ1n) is 14.6. The Morgan fingerprint density at radius 2 is 0.911 bits per heavy atom.